The summed E-state index contributed by atoms with van der Waals surface area (Å²) >= 11 is 0. The fraction of sp³-hybridized carbons (Fsp3) is 0.647. The summed E-state index contributed by atoms with van der Waals surface area (Å²) in [5.74, 6) is 0.378. The van der Waals surface area contributed by atoms with Gasteiger partial charge in [0.15, 0.2) is 0 Å². The maximum absolute atomic E-state index is 9.90. The van der Waals surface area contributed by atoms with Gasteiger partial charge in [-0.2, -0.15) is 0 Å². The van der Waals surface area contributed by atoms with E-state index in [1.54, 1.807) is 6.07 Å². The zero-order valence-corrected chi connectivity index (χ0v) is 14.8. The normalized spacial score (nSPS) is 14.3. The van der Waals surface area contributed by atoms with Gasteiger partial charge in [-0.1, -0.05) is 52.8 Å². The molecule has 0 aromatic heterocycles. The summed E-state index contributed by atoms with van der Waals surface area (Å²) in [4.78, 5) is 0. The highest BCUT2D eigenvalue weighted by Crippen LogP contribution is 2.54. The molecule has 0 atom stereocenters. The standard InChI is InChI=1S/C17H30O2S/c1-16(2,3)20(6,7)19-13-17(4,5)12-14-10-8-9-11-15(14)18/h8-11,18H,12-13H2,1-7H3. The second kappa shape index (κ2) is 5.98. The average Bonchev–Trinajstić information content (AvgIpc) is 2.28. The van der Waals surface area contributed by atoms with E-state index in [0.29, 0.717) is 12.4 Å². The third-order valence-electron chi connectivity index (χ3n) is 3.88. The van der Waals surface area contributed by atoms with Gasteiger partial charge in [-0.3, -0.25) is 0 Å². The van der Waals surface area contributed by atoms with E-state index in [0.717, 1.165) is 12.0 Å². The summed E-state index contributed by atoms with van der Waals surface area (Å²) in [6, 6.07) is 7.56. The van der Waals surface area contributed by atoms with Crippen molar-refractivity contribution in [2.75, 3.05) is 19.1 Å². The van der Waals surface area contributed by atoms with Crippen LogP contribution in [-0.2, 0) is 10.6 Å². The first-order valence-corrected chi connectivity index (χ1v) is 9.46. The number of rotatable bonds is 5. The van der Waals surface area contributed by atoms with Crippen molar-refractivity contribution in [3.63, 3.8) is 0 Å². The molecule has 3 heteroatoms. The highest BCUT2D eigenvalue weighted by molar-refractivity contribution is 8.29. The molecule has 2 nitrogen and oxygen atoms in total. The van der Waals surface area contributed by atoms with Gasteiger partial charge in [-0.25, -0.2) is 0 Å². The summed E-state index contributed by atoms with van der Waals surface area (Å²) in [5, 5.41) is 9.90. The molecule has 0 aliphatic rings. The molecule has 1 N–H and O–H groups in total. The first-order chi connectivity index (χ1) is 8.95. The van der Waals surface area contributed by atoms with Gasteiger partial charge in [0, 0.05) is 4.75 Å². The molecule has 0 amide bonds. The molecule has 1 aromatic rings. The van der Waals surface area contributed by atoms with E-state index in [9.17, 15) is 5.11 Å². The van der Waals surface area contributed by atoms with Gasteiger partial charge in [0.05, 0.1) is 6.61 Å². The fourth-order valence-electron chi connectivity index (χ4n) is 1.71. The number of hydrogen-bond acceptors (Lipinski definition) is 2. The van der Waals surface area contributed by atoms with Crippen LogP contribution in [0.4, 0.5) is 0 Å². The van der Waals surface area contributed by atoms with E-state index < -0.39 is 10.3 Å². The Bertz CT molecular complexity index is 445. The van der Waals surface area contributed by atoms with Crippen LogP contribution in [0.1, 0.15) is 40.2 Å². The monoisotopic (exact) mass is 298 g/mol. The van der Waals surface area contributed by atoms with E-state index in [1.165, 1.54) is 0 Å². The Hall–Kier alpha value is -0.670. The summed E-state index contributed by atoms with van der Waals surface area (Å²) in [7, 11) is -1.10. The zero-order chi connectivity index (χ0) is 15.6. The summed E-state index contributed by atoms with van der Waals surface area (Å²) in [6.07, 6.45) is 5.27. The van der Waals surface area contributed by atoms with Crippen LogP contribution in [0.25, 0.3) is 0 Å². The van der Waals surface area contributed by atoms with Crippen LogP contribution < -0.4 is 0 Å². The maximum Gasteiger partial charge on any atom is 0.118 e. The lowest BCUT2D eigenvalue weighted by Crippen LogP contribution is -2.30. The Balaban J connectivity index is 2.70. The minimum Gasteiger partial charge on any atom is -0.508 e. The van der Waals surface area contributed by atoms with Crippen molar-refractivity contribution in [2.45, 2.75) is 45.8 Å². The molecule has 0 saturated heterocycles. The predicted octanol–water partition coefficient (Wildman–Crippen LogP) is 4.76. The lowest BCUT2D eigenvalue weighted by Gasteiger charge is -2.45. The van der Waals surface area contributed by atoms with Crippen LogP contribution in [0.5, 0.6) is 5.75 Å². The molecule has 20 heavy (non-hydrogen) atoms. The van der Waals surface area contributed by atoms with E-state index in [1.807, 2.05) is 18.2 Å². The van der Waals surface area contributed by atoms with Gasteiger partial charge in [-0.15, -0.1) is 10.3 Å². The van der Waals surface area contributed by atoms with E-state index in [2.05, 4.69) is 47.1 Å². The van der Waals surface area contributed by atoms with Gasteiger partial charge >= 0.3 is 0 Å². The average molecular weight is 298 g/mol. The van der Waals surface area contributed by atoms with E-state index in [-0.39, 0.29) is 10.2 Å². The number of phenolic OH excluding ortho intramolecular Hbond substituents is 1. The molecule has 0 aliphatic carbocycles. The molecule has 1 rings (SSSR count). The molecule has 116 valence electrons. The van der Waals surface area contributed by atoms with Crippen LogP contribution in [0.3, 0.4) is 0 Å². The number of benzene rings is 1. The molecule has 0 fully saturated rings. The van der Waals surface area contributed by atoms with E-state index >= 15 is 0 Å². The third kappa shape index (κ3) is 4.71. The van der Waals surface area contributed by atoms with Crippen LogP contribution in [0.2, 0.25) is 0 Å². The molecule has 0 spiro atoms. The van der Waals surface area contributed by atoms with Crippen LogP contribution in [0.15, 0.2) is 24.3 Å². The predicted molar refractivity (Wildman–Crippen MR) is 90.7 cm³/mol. The van der Waals surface area contributed by atoms with Gasteiger partial charge in [0.1, 0.15) is 5.75 Å². The Kier molecular flexibility index (Phi) is 5.20. The topological polar surface area (TPSA) is 29.5 Å². The van der Waals surface area contributed by atoms with Crippen molar-refractivity contribution in [3.8, 4) is 5.75 Å². The number of para-hydroxylation sites is 1. The minimum absolute atomic E-state index is 0.00829. The second-order valence-electron chi connectivity index (χ2n) is 7.58. The number of phenols is 1. The number of hydrogen-bond donors (Lipinski definition) is 1. The van der Waals surface area contributed by atoms with Crippen LogP contribution >= 0.6 is 10.3 Å². The van der Waals surface area contributed by atoms with Crippen molar-refractivity contribution in [1.29, 1.82) is 0 Å². The zero-order valence-electron chi connectivity index (χ0n) is 14.0. The van der Waals surface area contributed by atoms with Crippen LogP contribution in [-0.4, -0.2) is 29.0 Å². The molecule has 1 aromatic carbocycles. The van der Waals surface area contributed by atoms with E-state index in [4.69, 9.17) is 4.18 Å². The highest BCUT2D eigenvalue weighted by atomic mass is 32.3. The van der Waals surface area contributed by atoms with Crippen molar-refractivity contribution in [1.82, 2.24) is 0 Å². The van der Waals surface area contributed by atoms with Gasteiger partial charge in [-0.05, 0) is 36.0 Å². The van der Waals surface area contributed by atoms with Gasteiger partial charge in [0.2, 0.25) is 0 Å². The second-order valence-corrected chi connectivity index (χ2v) is 11.5. The smallest absolute Gasteiger partial charge is 0.118 e. The molecule has 0 heterocycles. The molecule has 0 bridgehead atoms. The Morgan fingerprint density at radius 2 is 1.60 bits per heavy atom. The lowest BCUT2D eigenvalue weighted by atomic mass is 9.86. The SMILES string of the molecule is CC(C)(COS(C)(C)C(C)(C)C)Cc1ccccc1O. The summed E-state index contributed by atoms with van der Waals surface area (Å²) in [6.45, 7) is 11.8. The van der Waals surface area contributed by atoms with Gasteiger partial charge < -0.3 is 9.29 Å². The fourth-order valence-corrected chi connectivity index (χ4v) is 2.68. The molecule has 0 saturated carbocycles. The Labute approximate surface area is 126 Å². The molecular weight excluding hydrogens is 268 g/mol. The van der Waals surface area contributed by atoms with Gasteiger partial charge in [0.25, 0.3) is 0 Å². The first-order valence-electron chi connectivity index (χ1n) is 7.09. The molecule has 0 unspecified atom stereocenters. The third-order valence-corrected chi connectivity index (χ3v) is 7.54. The largest absolute Gasteiger partial charge is 0.508 e. The molecular formula is C17H30O2S. The number of aromatic hydroxyl groups is 1. The highest BCUT2D eigenvalue weighted by Gasteiger charge is 2.31. The van der Waals surface area contributed by atoms with Crippen LogP contribution in [0, 0.1) is 5.41 Å². The maximum atomic E-state index is 9.90. The summed E-state index contributed by atoms with van der Waals surface area (Å²) < 4.78 is 6.45. The first kappa shape index (κ1) is 17.4. The molecule has 0 radical (unpaired) electrons. The van der Waals surface area contributed by atoms with Crippen molar-refractivity contribution >= 4 is 10.3 Å². The minimum atomic E-state index is -1.10. The Morgan fingerprint density at radius 1 is 1.05 bits per heavy atom. The Morgan fingerprint density at radius 3 is 2.10 bits per heavy atom. The quantitative estimate of drug-likeness (QED) is 0.849. The van der Waals surface area contributed by atoms with Crippen molar-refractivity contribution in [3.05, 3.63) is 29.8 Å². The molecule has 0 aliphatic heterocycles. The van der Waals surface area contributed by atoms with Crippen molar-refractivity contribution in [2.24, 2.45) is 5.41 Å². The van der Waals surface area contributed by atoms with Crippen molar-refractivity contribution < 1.29 is 9.29 Å². The lowest BCUT2D eigenvalue weighted by molar-refractivity contribution is 0.194. The summed E-state index contributed by atoms with van der Waals surface area (Å²) in [5.41, 5.74) is 0.999.